The Morgan fingerprint density at radius 3 is 2.29 bits per heavy atom. The van der Waals surface area contributed by atoms with Crippen molar-refractivity contribution in [1.82, 2.24) is 0 Å². The predicted octanol–water partition coefficient (Wildman–Crippen LogP) is 0.604. The predicted molar refractivity (Wildman–Crippen MR) is 51.8 cm³/mol. The van der Waals surface area contributed by atoms with Crippen LogP contribution in [0.4, 0.5) is 0 Å². The Balaban J connectivity index is 2.66. The maximum Gasteiger partial charge on any atom is 0.149 e. The maximum atomic E-state index is 10.6. The molecule has 0 amide bonds. The van der Waals surface area contributed by atoms with Gasteiger partial charge in [0.05, 0.1) is 5.92 Å². The molecule has 0 fully saturated rings. The molecule has 0 aliphatic heterocycles. The molecule has 2 unspecified atom stereocenters. The number of hydrogen-bond acceptors (Lipinski definition) is 3. The van der Waals surface area contributed by atoms with Crippen LogP contribution in [0, 0.1) is 5.92 Å². The van der Waals surface area contributed by atoms with E-state index < -0.39 is 12.0 Å². The van der Waals surface area contributed by atoms with E-state index in [1.165, 1.54) is 0 Å². The number of aliphatic hydroxyl groups excluding tert-OH is 1. The van der Waals surface area contributed by atoms with Gasteiger partial charge in [-0.1, -0.05) is 30.3 Å². The van der Waals surface area contributed by atoms with E-state index in [1.807, 2.05) is 30.3 Å². The summed E-state index contributed by atoms with van der Waals surface area (Å²) in [5.74, 6) is -0.644. The van der Waals surface area contributed by atoms with E-state index >= 15 is 0 Å². The molecular formula is C11H12O3. The Hall–Kier alpha value is -1.48. The van der Waals surface area contributed by atoms with Gasteiger partial charge in [-0.15, -0.1) is 0 Å². The zero-order valence-corrected chi connectivity index (χ0v) is 7.67. The summed E-state index contributed by atoms with van der Waals surface area (Å²) in [5.41, 5.74) is 0.936. The number of benzene rings is 1. The van der Waals surface area contributed by atoms with Crippen molar-refractivity contribution in [2.75, 3.05) is 0 Å². The molecule has 0 saturated heterocycles. The quantitative estimate of drug-likeness (QED) is 0.695. The Labute approximate surface area is 82.4 Å². The van der Waals surface area contributed by atoms with Crippen molar-refractivity contribution in [2.45, 2.75) is 12.5 Å². The van der Waals surface area contributed by atoms with Gasteiger partial charge in [-0.2, -0.15) is 0 Å². The minimum Gasteiger partial charge on any atom is -0.385 e. The van der Waals surface area contributed by atoms with E-state index in [2.05, 4.69) is 0 Å². The topological polar surface area (TPSA) is 54.4 Å². The van der Waals surface area contributed by atoms with Crippen LogP contribution in [0.25, 0.3) is 0 Å². The first-order chi connectivity index (χ1) is 6.77. The first kappa shape index (κ1) is 10.6. The average Bonchev–Trinajstić information content (AvgIpc) is 2.26. The van der Waals surface area contributed by atoms with E-state index in [0.717, 1.165) is 5.56 Å². The van der Waals surface area contributed by atoms with Crippen LogP contribution in [0.2, 0.25) is 0 Å². The molecule has 0 aromatic heterocycles. The van der Waals surface area contributed by atoms with Crippen LogP contribution in [0.15, 0.2) is 30.3 Å². The highest BCUT2D eigenvalue weighted by Crippen LogP contribution is 2.09. The highest BCUT2D eigenvalue weighted by molar-refractivity contribution is 5.66. The molecule has 14 heavy (non-hydrogen) atoms. The normalized spacial score (nSPS) is 14.4. The number of aldehydes is 2. The molecule has 0 heterocycles. The molecule has 1 rings (SSSR count). The van der Waals surface area contributed by atoms with E-state index in [-0.39, 0.29) is 0 Å². The molecule has 0 saturated carbocycles. The number of hydrogen-bond donors (Lipinski definition) is 1. The highest BCUT2D eigenvalue weighted by atomic mass is 16.3. The molecule has 0 spiro atoms. The van der Waals surface area contributed by atoms with Gasteiger partial charge in [-0.25, -0.2) is 0 Å². The van der Waals surface area contributed by atoms with Crippen LogP contribution < -0.4 is 0 Å². The van der Waals surface area contributed by atoms with Crippen molar-refractivity contribution >= 4 is 12.6 Å². The third-order valence-corrected chi connectivity index (χ3v) is 2.07. The summed E-state index contributed by atoms with van der Waals surface area (Å²) in [6, 6.07) is 9.28. The first-order valence-electron chi connectivity index (χ1n) is 4.40. The lowest BCUT2D eigenvalue weighted by molar-refractivity contribution is -0.123. The second kappa shape index (κ2) is 5.29. The van der Waals surface area contributed by atoms with Crippen molar-refractivity contribution in [2.24, 2.45) is 5.92 Å². The minimum atomic E-state index is -1.20. The second-order valence-corrected chi connectivity index (χ2v) is 3.12. The SMILES string of the molecule is O=CC(O)C(C=O)Cc1ccccc1. The van der Waals surface area contributed by atoms with Gasteiger partial charge in [-0.05, 0) is 12.0 Å². The lowest BCUT2D eigenvalue weighted by atomic mass is 9.96. The third kappa shape index (κ3) is 2.78. The summed E-state index contributed by atoms with van der Waals surface area (Å²) < 4.78 is 0. The van der Waals surface area contributed by atoms with E-state index in [1.54, 1.807) is 0 Å². The molecule has 0 aliphatic carbocycles. The third-order valence-electron chi connectivity index (χ3n) is 2.07. The summed E-state index contributed by atoms with van der Waals surface area (Å²) in [6.07, 6.45) is 0.200. The molecule has 3 heteroatoms. The molecular weight excluding hydrogens is 180 g/mol. The molecule has 74 valence electrons. The minimum absolute atomic E-state index is 0.391. The standard InChI is InChI=1S/C11H12O3/c12-7-10(11(14)8-13)6-9-4-2-1-3-5-9/h1-5,7-8,10-11,14H,6H2. The lowest BCUT2D eigenvalue weighted by Gasteiger charge is -2.11. The number of carbonyl (C=O) groups is 2. The Kier molecular flexibility index (Phi) is 4.01. The van der Waals surface area contributed by atoms with Gasteiger partial charge < -0.3 is 14.7 Å². The zero-order valence-electron chi connectivity index (χ0n) is 7.67. The number of carbonyl (C=O) groups excluding carboxylic acids is 2. The van der Waals surface area contributed by atoms with E-state index in [4.69, 9.17) is 0 Å². The molecule has 1 N–H and O–H groups in total. The monoisotopic (exact) mass is 192 g/mol. The Morgan fingerprint density at radius 2 is 1.79 bits per heavy atom. The molecule has 0 bridgehead atoms. The first-order valence-corrected chi connectivity index (χ1v) is 4.40. The number of rotatable bonds is 5. The summed E-state index contributed by atoms with van der Waals surface area (Å²) in [4.78, 5) is 20.9. The van der Waals surface area contributed by atoms with Crippen molar-refractivity contribution < 1.29 is 14.7 Å². The van der Waals surface area contributed by atoms with Crippen LogP contribution in [0.1, 0.15) is 5.56 Å². The fourth-order valence-corrected chi connectivity index (χ4v) is 1.24. The van der Waals surface area contributed by atoms with Crippen LogP contribution in [0.3, 0.4) is 0 Å². The molecule has 0 radical (unpaired) electrons. The van der Waals surface area contributed by atoms with Crippen LogP contribution in [0.5, 0.6) is 0 Å². The fraction of sp³-hybridized carbons (Fsp3) is 0.273. The van der Waals surface area contributed by atoms with Gasteiger partial charge >= 0.3 is 0 Å². The van der Waals surface area contributed by atoms with Crippen molar-refractivity contribution in [3.05, 3.63) is 35.9 Å². The van der Waals surface area contributed by atoms with Gasteiger partial charge in [0.25, 0.3) is 0 Å². The molecule has 1 aromatic carbocycles. The summed E-state index contributed by atoms with van der Waals surface area (Å²) in [6.45, 7) is 0. The van der Waals surface area contributed by atoms with Gasteiger partial charge in [-0.3, -0.25) is 0 Å². The van der Waals surface area contributed by atoms with Crippen molar-refractivity contribution in [3.8, 4) is 0 Å². The van der Waals surface area contributed by atoms with Gasteiger partial charge in [0.2, 0.25) is 0 Å². The summed E-state index contributed by atoms with van der Waals surface area (Å²) in [7, 11) is 0. The molecule has 1 aromatic rings. The molecule has 3 nitrogen and oxygen atoms in total. The largest absolute Gasteiger partial charge is 0.385 e. The summed E-state index contributed by atoms with van der Waals surface area (Å²) in [5, 5.41) is 9.18. The second-order valence-electron chi connectivity index (χ2n) is 3.12. The molecule has 0 aliphatic rings. The Bertz CT molecular complexity index is 295. The van der Waals surface area contributed by atoms with E-state index in [0.29, 0.717) is 19.0 Å². The number of aliphatic hydroxyl groups is 1. The molecule has 2 atom stereocenters. The van der Waals surface area contributed by atoms with Crippen molar-refractivity contribution in [1.29, 1.82) is 0 Å². The van der Waals surface area contributed by atoms with Crippen LogP contribution in [-0.4, -0.2) is 23.8 Å². The van der Waals surface area contributed by atoms with Gasteiger partial charge in [0, 0.05) is 0 Å². The fourth-order valence-electron chi connectivity index (χ4n) is 1.24. The maximum absolute atomic E-state index is 10.6. The Morgan fingerprint density at radius 1 is 1.14 bits per heavy atom. The van der Waals surface area contributed by atoms with Gasteiger partial charge in [0.1, 0.15) is 18.7 Å². The lowest BCUT2D eigenvalue weighted by Crippen LogP contribution is -2.25. The smallest absolute Gasteiger partial charge is 0.149 e. The van der Waals surface area contributed by atoms with E-state index in [9.17, 15) is 14.7 Å². The summed E-state index contributed by atoms with van der Waals surface area (Å²) >= 11 is 0. The van der Waals surface area contributed by atoms with Crippen LogP contribution in [-0.2, 0) is 16.0 Å². The highest BCUT2D eigenvalue weighted by Gasteiger charge is 2.17. The van der Waals surface area contributed by atoms with Crippen molar-refractivity contribution in [3.63, 3.8) is 0 Å². The average molecular weight is 192 g/mol. The van der Waals surface area contributed by atoms with Gasteiger partial charge in [0.15, 0.2) is 0 Å². The zero-order chi connectivity index (χ0) is 10.4. The van der Waals surface area contributed by atoms with Crippen LogP contribution >= 0.6 is 0 Å².